The van der Waals surface area contributed by atoms with Gasteiger partial charge in [0, 0.05) is 28.7 Å². The van der Waals surface area contributed by atoms with Gasteiger partial charge in [-0.05, 0) is 62.4 Å². The molecule has 0 aliphatic heterocycles. The molecule has 3 aromatic carbocycles. The number of nitrogens with one attached hydrogen (secondary N) is 1. The van der Waals surface area contributed by atoms with Crippen LogP contribution in [0.25, 0.3) is 0 Å². The Balaban J connectivity index is 2.04. The van der Waals surface area contributed by atoms with Gasteiger partial charge in [-0.3, -0.25) is 13.9 Å². The third-order valence-corrected chi connectivity index (χ3v) is 7.87. The van der Waals surface area contributed by atoms with Crippen molar-refractivity contribution in [3.63, 3.8) is 0 Å². The lowest BCUT2D eigenvalue weighted by Gasteiger charge is -2.32. The van der Waals surface area contributed by atoms with Gasteiger partial charge in [0.05, 0.1) is 10.6 Å². The number of carbonyl (C=O) groups excluding carboxylic acids is 2. The monoisotopic (exact) mass is 565 g/mol. The van der Waals surface area contributed by atoms with Crippen molar-refractivity contribution in [1.29, 1.82) is 0 Å². The zero-order chi connectivity index (χ0) is 27.2. The highest BCUT2D eigenvalue weighted by Gasteiger charge is 2.32. The largest absolute Gasteiger partial charge is 0.355 e. The van der Waals surface area contributed by atoms with E-state index in [4.69, 9.17) is 23.2 Å². The summed E-state index contributed by atoms with van der Waals surface area (Å²) in [5.41, 5.74) is 0.328. The Labute approximate surface area is 225 Å². The fourth-order valence-electron chi connectivity index (χ4n) is 3.61. The van der Waals surface area contributed by atoms with Crippen molar-refractivity contribution in [3.8, 4) is 0 Å². The zero-order valence-corrected chi connectivity index (χ0v) is 22.5. The summed E-state index contributed by atoms with van der Waals surface area (Å²) in [5.74, 6) is -1.72. The average Bonchev–Trinajstić information content (AvgIpc) is 2.86. The second-order valence-electron chi connectivity index (χ2n) is 8.13. The number of benzene rings is 3. The molecule has 0 unspecified atom stereocenters. The van der Waals surface area contributed by atoms with Gasteiger partial charge < -0.3 is 10.2 Å². The van der Waals surface area contributed by atoms with E-state index in [0.717, 1.165) is 9.21 Å². The molecule has 0 saturated carbocycles. The fourth-order valence-corrected chi connectivity index (χ4v) is 5.33. The smallest absolute Gasteiger partial charge is 0.264 e. The van der Waals surface area contributed by atoms with Gasteiger partial charge in [-0.15, -0.1) is 0 Å². The highest BCUT2D eigenvalue weighted by Crippen LogP contribution is 2.27. The van der Waals surface area contributed by atoms with Crippen molar-refractivity contribution in [3.05, 3.63) is 94.2 Å². The van der Waals surface area contributed by atoms with Gasteiger partial charge in [0.15, 0.2) is 0 Å². The quantitative estimate of drug-likeness (QED) is 0.379. The number of hydrogen-bond donors (Lipinski definition) is 1. The first-order valence-corrected chi connectivity index (χ1v) is 13.6. The first-order valence-electron chi connectivity index (χ1n) is 11.4. The van der Waals surface area contributed by atoms with E-state index in [1.54, 1.807) is 25.1 Å². The second kappa shape index (κ2) is 12.4. The SMILES string of the molecule is CCNC(=O)[C@H](C)N(Cc1ccccc1F)C(=O)CN(c1cccc(Cl)c1)S(=O)(=O)c1ccc(Cl)cc1. The molecule has 0 spiro atoms. The van der Waals surface area contributed by atoms with E-state index >= 15 is 0 Å². The molecule has 0 aliphatic rings. The molecule has 3 aromatic rings. The molecule has 1 N–H and O–H groups in total. The minimum absolute atomic E-state index is 0.0953. The summed E-state index contributed by atoms with van der Waals surface area (Å²) >= 11 is 12.1. The van der Waals surface area contributed by atoms with Crippen molar-refractivity contribution in [1.82, 2.24) is 10.2 Å². The van der Waals surface area contributed by atoms with Crippen LogP contribution < -0.4 is 9.62 Å². The molecule has 11 heteroatoms. The van der Waals surface area contributed by atoms with E-state index < -0.39 is 40.2 Å². The van der Waals surface area contributed by atoms with Crippen LogP contribution in [-0.2, 0) is 26.2 Å². The van der Waals surface area contributed by atoms with Crippen molar-refractivity contribution < 1.29 is 22.4 Å². The van der Waals surface area contributed by atoms with Crippen LogP contribution in [-0.4, -0.2) is 44.3 Å². The minimum atomic E-state index is -4.26. The zero-order valence-electron chi connectivity index (χ0n) is 20.2. The molecule has 0 radical (unpaired) electrons. The lowest BCUT2D eigenvalue weighted by atomic mass is 10.1. The molecule has 37 heavy (non-hydrogen) atoms. The molecule has 3 rings (SSSR count). The Morgan fingerprint density at radius 2 is 1.65 bits per heavy atom. The molecule has 0 saturated heterocycles. The predicted octanol–water partition coefficient (Wildman–Crippen LogP) is 4.88. The third-order valence-electron chi connectivity index (χ3n) is 5.59. The molecule has 0 aromatic heterocycles. The Hall–Kier alpha value is -3.14. The number of rotatable bonds is 10. The Kier molecular flexibility index (Phi) is 9.53. The normalized spacial score (nSPS) is 12.0. The van der Waals surface area contributed by atoms with Crippen LogP contribution in [0.3, 0.4) is 0 Å². The van der Waals surface area contributed by atoms with E-state index in [2.05, 4.69) is 5.32 Å². The number of likely N-dealkylation sites (N-methyl/N-ethyl adjacent to an activating group) is 1. The molecule has 1 atom stereocenters. The van der Waals surface area contributed by atoms with E-state index in [0.29, 0.717) is 11.6 Å². The third kappa shape index (κ3) is 7.00. The summed E-state index contributed by atoms with van der Waals surface area (Å²) in [5, 5.41) is 3.25. The lowest BCUT2D eigenvalue weighted by molar-refractivity contribution is -0.139. The average molecular weight is 566 g/mol. The van der Waals surface area contributed by atoms with Crippen LogP contribution in [0, 0.1) is 5.82 Å². The van der Waals surface area contributed by atoms with Crippen LogP contribution in [0.5, 0.6) is 0 Å². The van der Waals surface area contributed by atoms with E-state index in [9.17, 15) is 22.4 Å². The Bertz CT molecular complexity index is 1370. The molecule has 0 bridgehead atoms. The number of anilines is 1. The number of hydrogen-bond acceptors (Lipinski definition) is 4. The predicted molar refractivity (Wildman–Crippen MR) is 143 cm³/mol. The summed E-state index contributed by atoms with van der Waals surface area (Å²) in [6.07, 6.45) is 0. The summed E-state index contributed by atoms with van der Waals surface area (Å²) in [7, 11) is -4.26. The van der Waals surface area contributed by atoms with Crippen molar-refractivity contribution >= 4 is 50.7 Å². The van der Waals surface area contributed by atoms with Gasteiger partial charge in [0.25, 0.3) is 10.0 Å². The number of halogens is 3. The van der Waals surface area contributed by atoms with Crippen LogP contribution in [0.2, 0.25) is 10.0 Å². The maximum atomic E-state index is 14.5. The maximum Gasteiger partial charge on any atom is 0.264 e. The Morgan fingerprint density at radius 3 is 2.27 bits per heavy atom. The van der Waals surface area contributed by atoms with Crippen LogP contribution in [0.15, 0.2) is 77.7 Å². The van der Waals surface area contributed by atoms with Gasteiger partial charge >= 0.3 is 0 Å². The molecule has 196 valence electrons. The van der Waals surface area contributed by atoms with E-state index in [1.165, 1.54) is 61.5 Å². The standard InChI is InChI=1S/C26H26Cl2FN3O4S/c1-3-30-26(34)18(2)31(16-19-7-4-5-10-24(19)29)25(33)17-32(22-9-6-8-21(28)15-22)37(35,36)23-13-11-20(27)12-14-23/h4-15,18H,3,16-17H2,1-2H3,(H,30,34)/t18-/m0/s1. The van der Waals surface area contributed by atoms with Crippen LogP contribution >= 0.6 is 23.2 Å². The number of nitrogens with zero attached hydrogens (tertiary/aromatic N) is 2. The first-order chi connectivity index (χ1) is 17.5. The highest BCUT2D eigenvalue weighted by molar-refractivity contribution is 7.92. The molecule has 7 nitrogen and oxygen atoms in total. The van der Waals surface area contributed by atoms with E-state index in [-0.39, 0.29) is 27.7 Å². The fraction of sp³-hybridized carbons (Fsp3) is 0.231. The molecule has 0 fully saturated rings. The lowest BCUT2D eigenvalue weighted by Crippen LogP contribution is -2.51. The van der Waals surface area contributed by atoms with Crippen molar-refractivity contribution in [2.45, 2.75) is 31.3 Å². The Morgan fingerprint density at radius 1 is 0.973 bits per heavy atom. The van der Waals surface area contributed by atoms with Crippen LogP contribution in [0.1, 0.15) is 19.4 Å². The van der Waals surface area contributed by atoms with Gasteiger partial charge in [-0.2, -0.15) is 0 Å². The van der Waals surface area contributed by atoms with Crippen molar-refractivity contribution in [2.75, 3.05) is 17.4 Å². The first kappa shape index (κ1) is 28.4. The molecule has 2 amide bonds. The number of amides is 2. The summed E-state index contributed by atoms with van der Waals surface area (Å²) < 4.78 is 42.7. The van der Waals surface area contributed by atoms with Crippen LogP contribution in [0.4, 0.5) is 10.1 Å². The summed E-state index contributed by atoms with van der Waals surface area (Å²) in [4.78, 5) is 27.4. The van der Waals surface area contributed by atoms with Crippen molar-refractivity contribution in [2.24, 2.45) is 0 Å². The molecular formula is C26H26Cl2FN3O4S. The van der Waals surface area contributed by atoms with Gasteiger partial charge in [-0.25, -0.2) is 12.8 Å². The molecule has 0 heterocycles. The maximum absolute atomic E-state index is 14.5. The summed E-state index contributed by atoms with van der Waals surface area (Å²) in [6.45, 7) is 2.65. The highest BCUT2D eigenvalue weighted by atomic mass is 35.5. The number of sulfonamides is 1. The van der Waals surface area contributed by atoms with E-state index in [1.807, 2.05) is 0 Å². The molecule has 0 aliphatic carbocycles. The topological polar surface area (TPSA) is 86.8 Å². The molecular weight excluding hydrogens is 540 g/mol. The number of carbonyl (C=O) groups is 2. The van der Waals surface area contributed by atoms with Gasteiger partial charge in [0.1, 0.15) is 18.4 Å². The van der Waals surface area contributed by atoms with Gasteiger partial charge in [-0.1, -0.05) is 47.5 Å². The minimum Gasteiger partial charge on any atom is -0.355 e. The van der Waals surface area contributed by atoms with Gasteiger partial charge in [0.2, 0.25) is 11.8 Å². The summed E-state index contributed by atoms with van der Waals surface area (Å²) in [6, 6.07) is 16.4. The second-order valence-corrected chi connectivity index (χ2v) is 10.9.